The first kappa shape index (κ1) is 17.5. The average Bonchev–Trinajstić information content (AvgIpc) is 2.52. The Morgan fingerprint density at radius 2 is 1.57 bits per heavy atom. The Morgan fingerprint density at radius 3 is 2.13 bits per heavy atom. The van der Waals surface area contributed by atoms with Gasteiger partial charge in [0.15, 0.2) is 0 Å². The highest BCUT2D eigenvalue weighted by Gasteiger charge is 2.36. The molecule has 0 aromatic heterocycles. The highest BCUT2D eigenvalue weighted by Crippen LogP contribution is 2.37. The van der Waals surface area contributed by atoms with Gasteiger partial charge in [0.25, 0.3) is 0 Å². The SMILES string of the molecule is CC(N)(C(=O)NC1CC(c2ccccc2)C1)c1ccccc1.Cl. The molecule has 1 unspecified atom stereocenters. The van der Waals surface area contributed by atoms with Crippen molar-refractivity contribution in [2.45, 2.75) is 37.3 Å². The van der Waals surface area contributed by atoms with Crippen LogP contribution in [0.1, 0.15) is 36.8 Å². The second-order valence-corrected chi connectivity index (χ2v) is 6.32. The van der Waals surface area contributed by atoms with Gasteiger partial charge in [-0.15, -0.1) is 12.4 Å². The van der Waals surface area contributed by atoms with Gasteiger partial charge in [-0.3, -0.25) is 4.79 Å². The van der Waals surface area contributed by atoms with Crippen LogP contribution in [0.2, 0.25) is 0 Å². The molecule has 1 fully saturated rings. The van der Waals surface area contributed by atoms with Gasteiger partial charge in [-0.25, -0.2) is 0 Å². The van der Waals surface area contributed by atoms with Gasteiger partial charge in [0.1, 0.15) is 5.54 Å². The van der Waals surface area contributed by atoms with Gasteiger partial charge in [-0.2, -0.15) is 0 Å². The number of carbonyl (C=O) groups is 1. The van der Waals surface area contributed by atoms with E-state index in [4.69, 9.17) is 5.73 Å². The van der Waals surface area contributed by atoms with Crippen LogP contribution in [0.15, 0.2) is 60.7 Å². The summed E-state index contributed by atoms with van der Waals surface area (Å²) >= 11 is 0. The molecule has 1 aliphatic rings. The molecule has 3 rings (SSSR count). The molecule has 23 heavy (non-hydrogen) atoms. The lowest BCUT2D eigenvalue weighted by atomic mass is 9.75. The van der Waals surface area contributed by atoms with Gasteiger partial charge in [0.2, 0.25) is 5.91 Å². The van der Waals surface area contributed by atoms with Crippen molar-refractivity contribution in [3.63, 3.8) is 0 Å². The Hall–Kier alpha value is -1.84. The Balaban J connectivity index is 0.00000192. The molecule has 3 nitrogen and oxygen atoms in total. The van der Waals surface area contributed by atoms with Crippen molar-refractivity contribution in [1.82, 2.24) is 5.32 Å². The summed E-state index contributed by atoms with van der Waals surface area (Å²) in [7, 11) is 0. The number of benzene rings is 2. The minimum absolute atomic E-state index is 0. The van der Waals surface area contributed by atoms with E-state index < -0.39 is 5.54 Å². The molecule has 0 heterocycles. The highest BCUT2D eigenvalue weighted by molar-refractivity contribution is 5.87. The Kier molecular flexibility index (Phi) is 5.45. The second kappa shape index (κ2) is 7.16. The fourth-order valence-corrected chi connectivity index (χ4v) is 2.98. The molecule has 3 N–H and O–H groups in total. The Labute approximate surface area is 143 Å². The second-order valence-electron chi connectivity index (χ2n) is 6.32. The molecule has 1 aliphatic carbocycles. The lowest BCUT2D eigenvalue weighted by Crippen LogP contribution is -2.54. The third-order valence-corrected chi connectivity index (χ3v) is 4.59. The summed E-state index contributed by atoms with van der Waals surface area (Å²) < 4.78 is 0. The molecule has 1 saturated carbocycles. The van der Waals surface area contributed by atoms with Crippen LogP contribution >= 0.6 is 12.4 Å². The number of amides is 1. The van der Waals surface area contributed by atoms with Crippen molar-refractivity contribution in [3.05, 3.63) is 71.8 Å². The normalized spacial score (nSPS) is 22.2. The van der Waals surface area contributed by atoms with Crippen LogP contribution in [0.5, 0.6) is 0 Å². The molecular weight excluding hydrogens is 308 g/mol. The van der Waals surface area contributed by atoms with Crippen molar-refractivity contribution >= 4 is 18.3 Å². The molecular formula is C19H23ClN2O. The molecule has 0 aliphatic heterocycles. The van der Waals surface area contributed by atoms with Crippen molar-refractivity contribution in [2.24, 2.45) is 5.73 Å². The number of hydrogen-bond donors (Lipinski definition) is 2. The van der Waals surface area contributed by atoms with E-state index in [0.717, 1.165) is 18.4 Å². The molecule has 4 heteroatoms. The summed E-state index contributed by atoms with van der Waals surface area (Å²) in [4.78, 5) is 12.5. The van der Waals surface area contributed by atoms with Crippen LogP contribution in [-0.4, -0.2) is 11.9 Å². The zero-order chi connectivity index (χ0) is 15.6. The molecule has 2 aromatic rings. The summed E-state index contributed by atoms with van der Waals surface area (Å²) in [5.74, 6) is 0.447. The molecule has 1 atom stereocenters. The maximum absolute atomic E-state index is 12.5. The van der Waals surface area contributed by atoms with Crippen LogP contribution in [-0.2, 0) is 10.3 Å². The minimum atomic E-state index is -0.987. The predicted molar refractivity (Wildman–Crippen MR) is 95.6 cm³/mol. The topological polar surface area (TPSA) is 55.1 Å². The van der Waals surface area contributed by atoms with Gasteiger partial charge in [-0.05, 0) is 36.8 Å². The van der Waals surface area contributed by atoms with Gasteiger partial charge in [-0.1, -0.05) is 60.7 Å². The van der Waals surface area contributed by atoms with Gasteiger partial charge in [0, 0.05) is 6.04 Å². The zero-order valence-corrected chi connectivity index (χ0v) is 14.1. The first-order valence-electron chi connectivity index (χ1n) is 7.77. The van der Waals surface area contributed by atoms with Crippen LogP contribution in [0.25, 0.3) is 0 Å². The lowest BCUT2D eigenvalue weighted by molar-refractivity contribution is -0.127. The monoisotopic (exact) mass is 330 g/mol. The predicted octanol–water partition coefficient (Wildman–Crippen LogP) is 3.34. The quantitative estimate of drug-likeness (QED) is 0.903. The maximum Gasteiger partial charge on any atom is 0.244 e. The molecule has 0 spiro atoms. The Morgan fingerprint density at radius 1 is 1.04 bits per heavy atom. The number of nitrogens with one attached hydrogen (secondary N) is 1. The van der Waals surface area contributed by atoms with Gasteiger partial charge < -0.3 is 11.1 Å². The molecule has 0 radical (unpaired) electrons. The molecule has 122 valence electrons. The van der Waals surface area contributed by atoms with Crippen LogP contribution < -0.4 is 11.1 Å². The first-order valence-corrected chi connectivity index (χ1v) is 7.77. The number of rotatable bonds is 4. The van der Waals surface area contributed by atoms with E-state index in [1.165, 1.54) is 5.56 Å². The van der Waals surface area contributed by atoms with E-state index >= 15 is 0 Å². The summed E-state index contributed by atoms with van der Waals surface area (Å²) in [6.45, 7) is 1.77. The van der Waals surface area contributed by atoms with Crippen LogP contribution in [0.3, 0.4) is 0 Å². The first-order chi connectivity index (χ1) is 10.6. The Bertz CT molecular complexity index is 637. The number of halogens is 1. The maximum atomic E-state index is 12.5. The smallest absolute Gasteiger partial charge is 0.244 e. The summed E-state index contributed by atoms with van der Waals surface area (Å²) in [5.41, 5.74) is 7.45. The van der Waals surface area contributed by atoms with Crippen molar-refractivity contribution in [2.75, 3.05) is 0 Å². The third-order valence-electron chi connectivity index (χ3n) is 4.59. The number of nitrogens with two attached hydrogens (primary N) is 1. The van der Waals surface area contributed by atoms with Crippen LogP contribution in [0.4, 0.5) is 0 Å². The number of hydrogen-bond acceptors (Lipinski definition) is 2. The molecule has 0 bridgehead atoms. The largest absolute Gasteiger partial charge is 0.351 e. The average molecular weight is 331 g/mol. The third kappa shape index (κ3) is 3.74. The van der Waals surface area contributed by atoms with E-state index in [-0.39, 0.29) is 24.4 Å². The van der Waals surface area contributed by atoms with E-state index in [9.17, 15) is 4.79 Å². The standard InChI is InChI=1S/C19H22N2O.ClH/c1-19(20,16-10-6-3-7-11-16)18(22)21-17-12-15(13-17)14-8-4-2-5-9-14;/h2-11,15,17H,12-13,20H2,1H3,(H,21,22);1H. The summed E-state index contributed by atoms with van der Waals surface area (Å²) in [6.07, 6.45) is 1.97. The van der Waals surface area contributed by atoms with Crippen LogP contribution in [0, 0.1) is 0 Å². The van der Waals surface area contributed by atoms with E-state index in [1.54, 1.807) is 6.92 Å². The summed E-state index contributed by atoms with van der Waals surface area (Å²) in [5, 5.41) is 3.09. The summed E-state index contributed by atoms with van der Waals surface area (Å²) in [6, 6.07) is 20.2. The zero-order valence-electron chi connectivity index (χ0n) is 13.2. The molecule has 1 amide bonds. The fourth-order valence-electron chi connectivity index (χ4n) is 2.98. The highest BCUT2D eigenvalue weighted by atomic mass is 35.5. The minimum Gasteiger partial charge on any atom is -0.351 e. The van der Waals surface area contributed by atoms with Gasteiger partial charge >= 0.3 is 0 Å². The van der Waals surface area contributed by atoms with E-state index in [2.05, 4.69) is 29.6 Å². The van der Waals surface area contributed by atoms with Crippen molar-refractivity contribution in [1.29, 1.82) is 0 Å². The number of carbonyl (C=O) groups excluding carboxylic acids is 1. The lowest BCUT2D eigenvalue weighted by Gasteiger charge is -2.38. The van der Waals surface area contributed by atoms with Crippen molar-refractivity contribution in [3.8, 4) is 0 Å². The molecule has 2 aromatic carbocycles. The van der Waals surface area contributed by atoms with Crippen molar-refractivity contribution < 1.29 is 4.79 Å². The molecule has 0 saturated heterocycles. The fraction of sp³-hybridized carbons (Fsp3) is 0.316. The van der Waals surface area contributed by atoms with Gasteiger partial charge in [0.05, 0.1) is 0 Å². The van der Waals surface area contributed by atoms with E-state index in [0.29, 0.717) is 5.92 Å². The van der Waals surface area contributed by atoms with E-state index in [1.807, 2.05) is 36.4 Å².